The lowest BCUT2D eigenvalue weighted by Gasteiger charge is -2.39. The van der Waals surface area contributed by atoms with Crippen LogP contribution in [0.4, 0.5) is 17.1 Å². The van der Waals surface area contributed by atoms with Crippen molar-refractivity contribution in [2.45, 2.75) is 52.4 Å². The van der Waals surface area contributed by atoms with E-state index in [2.05, 4.69) is 236 Å². The molecule has 332 valence electrons. The number of hydrogen-bond donors (Lipinski definition) is 0. The molecular weight excluding hydrogens is 868 g/mol. The normalized spacial score (nSPS) is 13.8. The standard InChI is InChI=1S/C64H47BN4S/c1-63(2,3)36-26-29-39(30-27-36)67-60-44-31-28-37(64(4,5)6)34-53(44)70-62(60)65-47-23-15-22-46-54-50(33-32-43-41-19-10-12-24-48(41)66(59(43)54)38-16-8-7-9-17-38)69(58(46)47)52-35-51-55(61(67)56(52)65)45-21-14-20-42-40-18-11-13-25-49(40)68(51)57(42)45/h7-35H,1-6H3. The van der Waals surface area contributed by atoms with Crippen LogP contribution in [0.2, 0.25) is 0 Å². The van der Waals surface area contributed by atoms with Gasteiger partial charge in [0, 0.05) is 80.5 Å². The van der Waals surface area contributed by atoms with Crippen LogP contribution in [-0.4, -0.2) is 20.2 Å². The van der Waals surface area contributed by atoms with Crippen LogP contribution in [0.1, 0.15) is 52.7 Å². The third kappa shape index (κ3) is 4.78. The molecule has 0 amide bonds. The van der Waals surface area contributed by atoms with Crippen molar-refractivity contribution in [1.82, 2.24) is 13.5 Å². The van der Waals surface area contributed by atoms with Gasteiger partial charge in [0.05, 0.1) is 44.5 Å². The first-order chi connectivity index (χ1) is 34.0. The van der Waals surface area contributed by atoms with Gasteiger partial charge in [0.2, 0.25) is 0 Å². The molecule has 0 fully saturated rings. The molecule has 0 aliphatic carbocycles. The van der Waals surface area contributed by atoms with Gasteiger partial charge < -0.3 is 18.4 Å². The second-order valence-electron chi connectivity index (χ2n) is 22.1. The van der Waals surface area contributed by atoms with Crippen molar-refractivity contribution in [3.63, 3.8) is 0 Å². The molecule has 0 unspecified atom stereocenters. The number of nitrogens with zero attached hydrogens (tertiary/aromatic N) is 4. The lowest BCUT2D eigenvalue weighted by atomic mass is 9.36. The van der Waals surface area contributed by atoms with Gasteiger partial charge in [-0.2, -0.15) is 0 Å². The van der Waals surface area contributed by atoms with Crippen molar-refractivity contribution in [1.29, 1.82) is 0 Å². The van der Waals surface area contributed by atoms with Crippen molar-refractivity contribution in [2.75, 3.05) is 4.90 Å². The summed E-state index contributed by atoms with van der Waals surface area (Å²) in [5, 5.41) is 11.6. The molecule has 0 saturated carbocycles. The van der Waals surface area contributed by atoms with Gasteiger partial charge >= 0.3 is 0 Å². The highest BCUT2D eigenvalue weighted by Gasteiger charge is 2.46. The zero-order valence-corrected chi connectivity index (χ0v) is 40.8. The molecular formula is C64H47BN4S. The van der Waals surface area contributed by atoms with Crippen molar-refractivity contribution in [3.05, 3.63) is 187 Å². The first-order valence-corrected chi connectivity index (χ1v) is 25.6. The van der Waals surface area contributed by atoms with Crippen molar-refractivity contribution >= 4 is 143 Å². The third-order valence-electron chi connectivity index (χ3n) is 16.2. The summed E-state index contributed by atoms with van der Waals surface area (Å²) in [6.45, 7) is 14.0. The summed E-state index contributed by atoms with van der Waals surface area (Å²) in [4.78, 5) is 2.70. The molecule has 0 N–H and O–H groups in total. The van der Waals surface area contributed by atoms with Gasteiger partial charge in [0.25, 0.3) is 6.71 Å². The number of hydrogen-bond acceptors (Lipinski definition) is 2. The lowest BCUT2D eigenvalue weighted by Crippen LogP contribution is -2.59. The Morgan fingerprint density at radius 1 is 0.414 bits per heavy atom. The number of rotatable bonds is 2. The molecule has 4 nitrogen and oxygen atoms in total. The van der Waals surface area contributed by atoms with E-state index in [1.165, 1.54) is 147 Å². The van der Waals surface area contributed by atoms with Crippen molar-refractivity contribution < 1.29 is 0 Å². The SMILES string of the molecule is CC(C)(C)c1ccc(N2c3c(sc4cc(C(C)(C)C)ccc34)B3c4c(cc5c(c42)c2cccc4c6ccccc6n5c42)-n2c4ccc5c6ccccc6n(-c6ccccc6)c5c4c4cccc3c42)cc1. The fourth-order valence-corrected chi connectivity index (χ4v) is 14.5. The molecule has 16 rings (SSSR count). The number of benzene rings is 9. The highest BCUT2D eigenvalue weighted by Crippen LogP contribution is 2.53. The molecule has 0 spiro atoms. The molecule has 0 bridgehead atoms. The predicted molar refractivity (Wildman–Crippen MR) is 302 cm³/mol. The molecule has 5 aromatic heterocycles. The maximum atomic E-state index is 2.70. The maximum absolute atomic E-state index is 2.70. The molecule has 7 heterocycles. The van der Waals surface area contributed by atoms with E-state index in [0.717, 1.165) is 0 Å². The van der Waals surface area contributed by atoms with Crippen LogP contribution in [0.25, 0.3) is 103 Å². The Morgan fingerprint density at radius 2 is 1.04 bits per heavy atom. The van der Waals surface area contributed by atoms with Crippen LogP contribution in [0.3, 0.4) is 0 Å². The zero-order valence-electron chi connectivity index (χ0n) is 40.0. The van der Waals surface area contributed by atoms with Gasteiger partial charge in [-0.25, -0.2) is 0 Å². The van der Waals surface area contributed by atoms with Crippen LogP contribution in [0.5, 0.6) is 0 Å². The fraction of sp³-hybridized carbons (Fsp3) is 0.125. The number of thiophene rings is 1. The smallest absolute Gasteiger partial charge is 0.264 e. The number of para-hydroxylation sites is 5. The summed E-state index contributed by atoms with van der Waals surface area (Å²) in [5.41, 5.74) is 20.5. The average molecular weight is 915 g/mol. The first-order valence-electron chi connectivity index (χ1n) is 24.8. The second-order valence-corrected chi connectivity index (χ2v) is 23.2. The molecule has 2 aliphatic rings. The molecule has 0 radical (unpaired) electrons. The Balaban J connectivity index is 1.14. The molecule has 70 heavy (non-hydrogen) atoms. The minimum Gasteiger partial charge on any atom is -0.310 e. The minimum absolute atomic E-state index is 0.00206. The third-order valence-corrected chi connectivity index (χ3v) is 17.4. The monoisotopic (exact) mass is 914 g/mol. The van der Waals surface area contributed by atoms with Gasteiger partial charge in [-0.1, -0.05) is 163 Å². The van der Waals surface area contributed by atoms with Crippen LogP contribution in [0.15, 0.2) is 176 Å². The largest absolute Gasteiger partial charge is 0.310 e. The maximum Gasteiger partial charge on any atom is 0.264 e. The molecule has 14 aromatic rings. The summed E-state index contributed by atoms with van der Waals surface area (Å²) in [6.07, 6.45) is 0. The van der Waals surface area contributed by atoms with E-state index in [4.69, 9.17) is 0 Å². The Morgan fingerprint density at radius 3 is 1.81 bits per heavy atom. The number of aromatic nitrogens is 3. The summed E-state index contributed by atoms with van der Waals surface area (Å²) in [6, 6.07) is 67.4. The van der Waals surface area contributed by atoms with Gasteiger partial charge in [-0.15, -0.1) is 11.3 Å². The van der Waals surface area contributed by atoms with Crippen LogP contribution in [-0.2, 0) is 10.8 Å². The van der Waals surface area contributed by atoms with E-state index in [1.807, 2.05) is 11.3 Å². The van der Waals surface area contributed by atoms with E-state index in [9.17, 15) is 0 Å². The van der Waals surface area contributed by atoms with E-state index in [-0.39, 0.29) is 17.5 Å². The molecule has 9 aromatic carbocycles. The molecule has 6 heteroatoms. The Hall–Kier alpha value is -7.80. The highest BCUT2D eigenvalue weighted by atomic mass is 32.1. The Bertz CT molecular complexity index is 4610. The van der Waals surface area contributed by atoms with Crippen LogP contribution in [0, 0.1) is 0 Å². The number of fused-ring (bicyclic) bond motifs is 20. The van der Waals surface area contributed by atoms with Gasteiger partial charge in [0.15, 0.2) is 0 Å². The Labute approximate surface area is 409 Å². The van der Waals surface area contributed by atoms with Crippen molar-refractivity contribution in [2.24, 2.45) is 0 Å². The van der Waals surface area contributed by atoms with E-state index in [0.29, 0.717) is 0 Å². The summed E-state index contributed by atoms with van der Waals surface area (Å²) in [7, 11) is 0. The minimum atomic E-state index is -0.00206. The van der Waals surface area contributed by atoms with Gasteiger partial charge in [-0.05, 0) is 87.5 Å². The second kappa shape index (κ2) is 13.1. The average Bonchev–Trinajstić information content (AvgIpc) is 4.18. The van der Waals surface area contributed by atoms with Crippen LogP contribution < -0.4 is 20.6 Å². The first kappa shape index (κ1) is 39.1. The van der Waals surface area contributed by atoms with Gasteiger partial charge in [-0.3, -0.25) is 0 Å². The Kier molecular flexibility index (Phi) is 7.31. The van der Waals surface area contributed by atoms with Crippen molar-refractivity contribution in [3.8, 4) is 11.4 Å². The fourth-order valence-electron chi connectivity index (χ4n) is 13.1. The quantitative estimate of drug-likeness (QED) is 0.158. The van der Waals surface area contributed by atoms with E-state index >= 15 is 0 Å². The zero-order chi connectivity index (χ0) is 46.7. The molecule has 0 saturated heterocycles. The topological polar surface area (TPSA) is 17.5 Å². The molecule has 2 aliphatic heterocycles. The highest BCUT2D eigenvalue weighted by molar-refractivity contribution is 7.33. The predicted octanol–water partition coefficient (Wildman–Crippen LogP) is 15.5. The lowest BCUT2D eigenvalue weighted by molar-refractivity contribution is 0.590. The molecule has 0 atom stereocenters. The summed E-state index contributed by atoms with van der Waals surface area (Å²) < 4.78 is 10.5. The van der Waals surface area contributed by atoms with Crippen LogP contribution >= 0.6 is 11.3 Å². The van der Waals surface area contributed by atoms with Gasteiger partial charge in [0.1, 0.15) is 0 Å². The number of anilines is 3. The van der Waals surface area contributed by atoms with E-state index in [1.54, 1.807) is 0 Å². The summed E-state index contributed by atoms with van der Waals surface area (Å²) >= 11 is 2.00. The van der Waals surface area contributed by atoms with E-state index < -0.39 is 0 Å². The summed E-state index contributed by atoms with van der Waals surface area (Å²) in [5.74, 6) is 0.